The van der Waals surface area contributed by atoms with Crippen molar-refractivity contribution in [2.75, 3.05) is 26.2 Å². The summed E-state index contributed by atoms with van der Waals surface area (Å²) < 4.78 is 5.14. The van der Waals surface area contributed by atoms with Gasteiger partial charge in [0.1, 0.15) is 0 Å². The molecule has 0 aromatic carbocycles. The number of nitrogens with zero attached hydrogens (tertiary/aromatic N) is 2. The fourth-order valence-electron chi connectivity index (χ4n) is 2.76. The molecule has 2 aliphatic rings. The zero-order valence-corrected chi connectivity index (χ0v) is 12.1. The maximum absolute atomic E-state index is 12.1. The van der Waals surface area contributed by atoms with E-state index in [1.807, 2.05) is 6.92 Å². The van der Waals surface area contributed by atoms with Crippen LogP contribution in [0.15, 0.2) is 0 Å². The molecule has 2 heterocycles. The Morgan fingerprint density at radius 1 is 1.38 bits per heavy atom. The number of carboxylic acids is 1. The first kappa shape index (κ1) is 15.4. The monoisotopic (exact) mass is 299 g/mol. The molecule has 2 aliphatic heterocycles. The first-order valence-electron chi connectivity index (χ1n) is 7.27. The summed E-state index contributed by atoms with van der Waals surface area (Å²) in [4.78, 5) is 37.8. The number of fused-ring (bicyclic) bond motifs is 1. The molecule has 21 heavy (non-hydrogen) atoms. The predicted molar refractivity (Wildman–Crippen MR) is 72.9 cm³/mol. The van der Waals surface area contributed by atoms with Crippen molar-refractivity contribution in [3.8, 4) is 0 Å². The van der Waals surface area contributed by atoms with Crippen LogP contribution in [-0.2, 0) is 9.53 Å². The fraction of sp³-hybridized carbons (Fsp3) is 0.769. The van der Waals surface area contributed by atoms with E-state index in [4.69, 9.17) is 4.74 Å². The van der Waals surface area contributed by atoms with E-state index in [1.54, 1.807) is 0 Å². The van der Waals surface area contributed by atoms with Crippen LogP contribution < -0.4 is 5.32 Å². The number of carboxylic acid groups (broad SMARTS) is 1. The average molecular weight is 299 g/mol. The minimum atomic E-state index is -1.12. The van der Waals surface area contributed by atoms with Gasteiger partial charge in [0.25, 0.3) is 0 Å². The Hall–Kier alpha value is -1.99. The second kappa shape index (κ2) is 6.64. The number of nitrogens with one attached hydrogen (secondary N) is 1. The molecule has 2 unspecified atom stereocenters. The Bertz CT molecular complexity index is 428. The molecule has 0 saturated carbocycles. The molecule has 0 radical (unpaired) electrons. The smallest absolute Gasteiger partial charge is 0.410 e. The van der Waals surface area contributed by atoms with Gasteiger partial charge < -0.3 is 20.1 Å². The van der Waals surface area contributed by atoms with Crippen molar-refractivity contribution in [1.82, 2.24) is 15.1 Å². The molecule has 2 rings (SSSR count). The van der Waals surface area contributed by atoms with Gasteiger partial charge in [0, 0.05) is 19.6 Å². The molecule has 8 nitrogen and oxygen atoms in total. The fourth-order valence-corrected chi connectivity index (χ4v) is 2.76. The Balaban J connectivity index is 1.99. The van der Waals surface area contributed by atoms with E-state index in [-0.39, 0.29) is 19.1 Å². The van der Waals surface area contributed by atoms with Gasteiger partial charge in [-0.25, -0.2) is 14.4 Å². The summed E-state index contributed by atoms with van der Waals surface area (Å²) >= 11 is 0. The second-order valence-electron chi connectivity index (χ2n) is 5.24. The van der Waals surface area contributed by atoms with E-state index in [1.165, 1.54) is 9.80 Å². The third-order valence-corrected chi connectivity index (χ3v) is 3.87. The van der Waals surface area contributed by atoms with Gasteiger partial charge in [-0.3, -0.25) is 4.90 Å². The van der Waals surface area contributed by atoms with E-state index in [2.05, 4.69) is 5.32 Å². The van der Waals surface area contributed by atoms with Gasteiger partial charge in [-0.05, 0) is 6.42 Å². The van der Waals surface area contributed by atoms with Gasteiger partial charge in [-0.2, -0.15) is 0 Å². The zero-order valence-electron chi connectivity index (χ0n) is 12.1. The highest BCUT2D eigenvalue weighted by atomic mass is 16.6. The van der Waals surface area contributed by atoms with Crippen molar-refractivity contribution in [1.29, 1.82) is 0 Å². The lowest BCUT2D eigenvalue weighted by molar-refractivity contribution is -0.146. The molecule has 2 fully saturated rings. The normalized spacial score (nSPS) is 24.5. The van der Waals surface area contributed by atoms with Crippen LogP contribution >= 0.6 is 0 Å². The zero-order chi connectivity index (χ0) is 15.4. The molecule has 0 bridgehead atoms. The molecular formula is C13H21N3O5. The third-order valence-electron chi connectivity index (χ3n) is 3.87. The Morgan fingerprint density at radius 2 is 2.14 bits per heavy atom. The van der Waals surface area contributed by atoms with Gasteiger partial charge in [-0.15, -0.1) is 0 Å². The number of carbonyl (C=O) groups excluding carboxylic acids is 2. The topological polar surface area (TPSA) is 99.2 Å². The number of piperazine rings is 1. The predicted octanol–water partition coefficient (Wildman–Crippen LogP) is 0.476. The van der Waals surface area contributed by atoms with Crippen molar-refractivity contribution >= 4 is 18.1 Å². The standard InChI is InChI=1S/C13H21N3O5/c1-2-3-4-7-21-13(20)16-6-5-15-9(8-14-12(15)19)10(16)11(17)18/h9-10H,2-8H2,1H3,(H,14,19)(H,17,18). The summed E-state index contributed by atoms with van der Waals surface area (Å²) in [5.74, 6) is -1.12. The molecule has 0 aliphatic carbocycles. The molecule has 2 saturated heterocycles. The van der Waals surface area contributed by atoms with Crippen molar-refractivity contribution in [3.63, 3.8) is 0 Å². The lowest BCUT2D eigenvalue weighted by Crippen LogP contribution is -2.63. The molecule has 3 amide bonds. The van der Waals surface area contributed by atoms with Crippen LogP contribution in [0.2, 0.25) is 0 Å². The SMILES string of the molecule is CCCCCOC(=O)N1CCN2C(=O)NCC2C1C(=O)O. The van der Waals surface area contributed by atoms with Gasteiger partial charge in [0.15, 0.2) is 6.04 Å². The minimum Gasteiger partial charge on any atom is -0.480 e. The van der Waals surface area contributed by atoms with E-state index >= 15 is 0 Å². The number of rotatable bonds is 5. The summed E-state index contributed by atoms with van der Waals surface area (Å²) in [7, 11) is 0. The molecule has 2 atom stereocenters. The Kier molecular flexibility index (Phi) is 4.87. The number of ether oxygens (including phenoxy) is 1. The summed E-state index contributed by atoms with van der Waals surface area (Å²) in [6.07, 6.45) is 2.13. The van der Waals surface area contributed by atoms with E-state index in [0.717, 1.165) is 19.3 Å². The number of hydrogen-bond acceptors (Lipinski definition) is 4. The largest absolute Gasteiger partial charge is 0.480 e. The van der Waals surface area contributed by atoms with Crippen LogP contribution in [0.1, 0.15) is 26.2 Å². The van der Waals surface area contributed by atoms with Crippen molar-refractivity contribution in [2.45, 2.75) is 38.3 Å². The molecule has 0 aromatic heterocycles. The number of unbranched alkanes of at least 4 members (excludes halogenated alkanes) is 2. The quantitative estimate of drug-likeness (QED) is 0.719. The van der Waals surface area contributed by atoms with Gasteiger partial charge >= 0.3 is 18.1 Å². The number of carbonyl (C=O) groups is 3. The van der Waals surface area contributed by atoms with Crippen LogP contribution in [0.5, 0.6) is 0 Å². The van der Waals surface area contributed by atoms with E-state index in [0.29, 0.717) is 13.2 Å². The highest BCUT2D eigenvalue weighted by Crippen LogP contribution is 2.22. The van der Waals surface area contributed by atoms with E-state index in [9.17, 15) is 19.5 Å². The molecule has 118 valence electrons. The summed E-state index contributed by atoms with van der Waals surface area (Å²) in [5.41, 5.74) is 0. The van der Waals surface area contributed by atoms with Crippen molar-refractivity contribution in [2.24, 2.45) is 0 Å². The first-order valence-corrected chi connectivity index (χ1v) is 7.27. The van der Waals surface area contributed by atoms with Crippen LogP contribution in [0.4, 0.5) is 9.59 Å². The highest BCUT2D eigenvalue weighted by Gasteiger charge is 2.48. The lowest BCUT2D eigenvalue weighted by Gasteiger charge is -2.40. The lowest BCUT2D eigenvalue weighted by atomic mass is 10.0. The average Bonchev–Trinajstić information content (AvgIpc) is 2.83. The molecular weight excluding hydrogens is 278 g/mol. The summed E-state index contributed by atoms with van der Waals surface area (Å²) in [6, 6.07) is -1.87. The van der Waals surface area contributed by atoms with Crippen molar-refractivity contribution < 1.29 is 24.2 Å². The van der Waals surface area contributed by atoms with Crippen LogP contribution in [-0.4, -0.2) is 71.3 Å². The summed E-state index contributed by atoms with van der Waals surface area (Å²) in [6.45, 7) is 3.07. The van der Waals surface area contributed by atoms with E-state index < -0.39 is 24.1 Å². The minimum absolute atomic E-state index is 0.174. The number of hydrogen-bond donors (Lipinski definition) is 2. The van der Waals surface area contributed by atoms with Gasteiger partial charge in [0.05, 0.1) is 12.6 Å². The van der Waals surface area contributed by atoms with Crippen LogP contribution in [0.25, 0.3) is 0 Å². The Labute approximate surface area is 123 Å². The van der Waals surface area contributed by atoms with Crippen molar-refractivity contribution in [3.05, 3.63) is 0 Å². The highest BCUT2D eigenvalue weighted by molar-refractivity contribution is 5.85. The summed E-state index contributed by atoms with van der Waals surface area (Å²) in [5, 5.41) is 12.0. The molecule has 0 spiro atoms. The van der Waals surface area contributed by atoms with Crippen LogP contribution in [0.3, 0.4) is 0 Å². The van der Waals surface area contributed by atoms with Gasteiger partial charge in [-0.1, -0.05) is 19.8 Å². The first-order chi connectivity index (χ1) is 10.1. The number of aliphatic carboxylic acids is 1. The molecule has 2 N–H and O–H groups in total. The number of urea groups is 1. The number of amides is 3. The Morgan fingerprint density at radius 3 is 2.81 bits per heavy atom. The van der Waals surface area contributed by atoms with Gasteiger partial charge in [0.2, 0.25) is 0 Å². The second-order valence-corrected chi connectivity index (χ2v) is 5.24. The molecule has 8 heteroatoms. The third kappa shape index (κ3) is 3.20. The maximum atomic E-state index is 12.1. The molecule has 0 aromatic rings. The van der Waals surface area contributed by atoms with Crippen LogP contribution in [0, 0.1) is 0 Å². The maximum Gasteiger partial charge on any atom is 0.410 e.